The molecule has 0 bridgehead atoms. The molecule has 0 radical (unpaired) electrons. The summed E-state index contributed by atoms with van der Waals surface area (Å²) in [7, 11) is 2.72. The van der Waals surface area contributed by atoms with Gasteiger partial charge < -0.3 is 14.6 Å². The van der Waals surface area contributed by atoms with Crippen molar-refractivity contribution in [2.75, 3.05) is 13.1 Å². The number of aryl methyl sites for hydroxylation is 1. The van der Waals surface area contributed by atoms with Crippen LogP contribution in [0.2, 0.25) is 0 Å². The van der Waals surface area contributed by atoms with E-state index in [1.54, 1.807) is 6.92 Å². The molecule has 0 atom stereocenters. The number of carboxylic acid groups (broad SMARTS) is 1. The van der Waals surface area contributed by atoms with Crippen LogP contribution in [0.25, 0.3) is 0 Å². The van der Waals surface area contributed by atoms with E-state index < -0.39 is 23.1 Å². The minimum atomic E-state index is -1.02. The second-order valence-corrected chi connectivity index (χ2v) is 4.33. The van der Waals surface area contributed by atoms with E-state index in [0.717, 1.165) is 9.13 Å². The zero-order valence-corrected chi connectivity index (χ0v) is 11.6. The number of carbonyl (C=O) groups is 2. The standard InChI is InChI=1S/C12H17N3O5/c1-4-15(6-5-9(16)17)11(19)8-7-13(2)12(20)14(3)10(8)18/h7H,4-6H2,1-3H3,(H,16,17). The minimum Gasteiger partial charge on any atom is -0.481 e. The molecule has 0 aliphatic rings. The van der Waals surface area contributed by atoms with Crippen molar-refractivity contribution in [1.82, 2.24) is 14.0 Å². The molecule has 20 heavy (non-hydrogen) atoms. The first kappa shape index (κ1) is 15.7. The maximum absolute atomic E-state index is 12.2. The van der Waals surface area contributed by atoms with E-state index in [9.17, 15) is 19.2 Å². The second kappa shape index (κ2) is 6.18. The molecule has 1 aromatic heterocycles. The number of nitrogens with zero attached hydrogens (tertiary/aromatic N) is 3. The van der Waals surface area contributed by atoms with Crippen LogP contribution in [-0.2, 0) is 18.9 Å². The van der Waals surface area contributed by atoms with Gasteiger partial charge in [-0.05, 0) is 6.92 Å². The molecule has 0 saturated carbocycles. The Hall–Kier alpha value is -2.38. The van der Waals surface area contributed by atoms with Crippen molar-refractivity contribution in [3.8, 4) is 0 Å². The lowest BCUT2D eigenvalue weighted by molar-refractivity contribution is -0.137. The maximum Gasteiger partial charge on any atom is 0.330 e. The van der Waals surface area contributed by atoms with Gasteiger partial charge in [-0.25, -0.2) is 4.79 Å². The Morgan fingerprint density at radius 3 is 2.40 bits per heavy atom. The van der Waals surface area contributed by atoms with E-state index in [0.29, 0.717) is 0 Å². The molecule has 0 spiro atoms. The average molecular weight is 283 g/mol. The number of aromatic nitrogens is 2. The molecule has 0 saturated heterocycles. The molecule has 8 nitrogen and oxygen atoms in total. The normalized spacial score (nSPS) is 10.3. The van der Waals surface area contributed by atoms with Crippen LogP contribution in [0.3, 0.4) is 0 Å². The van der Waals surface area contributed by atoms with Crippen molar-refractivity contribution in [2.24, 2.45) is 14.1 Å². The number of hydrogen-bond acceptors (Lipinski definition) is 4. The van der Waals surface area contributed by atoms with E-state index in [2.05, 4.69) is 0 Å². The molecule has 1 N–H and O–H groups in total. The number of carbonyl (C=O) groups excluding carboxylic acids is 1. The summed E-state index contributed by atoms with van der Waals surface area (Å²) in [5, 5.41) is 8.64. The van der Waals surface area contributed by atoms with Gasteiger partial charge in [0.25, 0.3) is 11.5 Å². The summed E-state index contributed by atoms with van der Waals surface area (Å²) in [6.45, 7) is 1.97. The Labute approximate surface area is 114 Å². The highest BCUT2D eigenvalue weighted by Gasteiger charge is 2.20. The predicted molar refractivity (Wildman–Crippen MR) is 70.8 cm³/mol. The number of hydrogen-bond donors (Lipinski definition) is 1. The minimum absolute atomic E-state index is 0.0106. The van der Waals surface area contributed by atoms with Crippen LogP contribution in [0.15, 0.2) is 15.8 Å². The first-order chi connectivity index (χ1) is 9.29. The third-order valence-corrected chi connectivity index (χ3v) is 2.94. The summed E-state index contributed by atoms with van der Waals surface area (Å²) in [6.07, 6.45) is 0.974. The second-order valence-electron chi connectivity index (χ2n) is 4.33. The van der Waals surface area contributed by atoms with Crippen LogP contribution in [0, 0.1) is 0 Å². The van der Waals surface area contributed by atoms with Crippen molar-refractivity contribution < 1.29 is 14.7 Å². The molecule has 0 unspecified atom stereocenters. The van der Waals surface area contributed by atoms with Gasteiger partial charge in [0.15, 0.2) is 0 Å². The summed E-state index contributed by atoms with van der Waals surface area (Å²) in [5.41, 5.74) is -1.37. The van der Waals surface area contributed by atoms with Crippen molar-refractivity contribution in [3.05, 3.63) is 32.6 Å². The largest absolute Gasteiger partial charge is 0.481 e. The van der Waals surface area contributed by atoms with Crippen LogP contribution >= 0.6 is 0 Å². The van der Waals surface area contributed by atoms with E-state index in [1.807, 2.05) is 0 Å². The number of amides is 1. The topological polar surface area (TPSA) is 102 Å². The van der Waals surface area contributed by atoms with Gasteiger partial charge in [0.2, 0.25) is 0 Å². The number of rotatable bonds is 5. The predicted octanol–water partition coefficient (Wildman–Crippen LogP) is -0.979. The lowest BCUT2D eigenvalue weighted by Gasteiger charge is -2.20. The Morgan fingerprint density at radius 1 is 1.30 bits per heavy atom. The van der Waals surface area contributed by atoms with Crippen LogP contribution < -0.4 is 11.2 Å². The van der Waals surface area contributed by atoms with Crippen molar-refractivity contribution in [3.63, 3.8) is 0 Å². The van der Waals surface area contributed by atoms with E-state index in [4.69, 9.17) is 5.11 Å². The molecule has 0 aliphatic carbocycles. The average Bonchev–Trinajstić information content (AvgIpc) is 2.40. The van der Waals surface area contributed by atoms with Gasteiger partial charge in [0.05, 0.1) is 6.42 Å². The first-order valence-electron chi connectivity index (χ1n) is 6.07. The van der Waals surface area contributed by atoms with Crippen LogP contribution in [0.5, 0.6) is 0 Å². The summed E-state index contributed by atoms with van der Waals surface area (Å²) >= 11 is 0. The molecular formula is C12H17N3O5. The summed E-state index contributed by atoms with van der Waals surface area (Å²) < 4.78 is 1.98. The van der Waals surface area contributed by atoms with Gasteiger partial charge in [-0.15, -0.1) is 0 Å². The quantitative estimate of drug-likeness (QED) is 0.748. The van der Waals surface area contributed by atoms with Gasteiger partial charge in [-0.1, -0.05) is 0 Å². The lowest BCUT2D eigenvalue weighted by Crippen LogP contribution is -2.43. The smallest absolute Gasteiger partial charge is 0.330 e. The maximum atomic E-state index is 12.2. The SMILES string of the molecule is CCN(CCC(=O)O)C(=O)c1cn(C)c(=O)n(C)c1=O. The van der Waals surface area contributed by atoms with Crippen LogP contribution in [0.1, 0.15) is 23.7 Å². The van der Waals surface area contributed by atoms with E-state index in [1.165, 1.54) is 25.2 Å². The fourth-order valence-corrected chi connectivity index (χ4v) is 1.76. The van der Waals surface area contributed by atoms with Gasteiger partial charge in [0.1, 0.15) is 5.56 Å². The van der Waals surface area contributed by atoms with Gasteiger partial charge in [-0.2, -0.15) is 0 Å². The van der Waals surface area contributed by atoms with Crippen LogP contribution in [-0.4, -0.2) is 44.1 Å². The number of carboxylic acids is 1. The summed E-state index contributed by atoms with van der Waals surface area (Å²) in [4.78, 5) is 47.5. The molecular weight excluding hydrogens is 266 g/mol. The molecule has 1 amide bonds. The first-order valence-corrected chi connectivity index (χ1v) is 6.07. The molecule has 1 heterocycles. The van der Waals surface area contributed by atoms with Gasteiger partial charge in [0, 0.05) is 33.4 Å². The summed E-state index contributed by atoms with van der Waals surface area (Å²) in [6, 6.07) is 0. The fourth-order valence-electron chi connectivity index (χ4n) is 1.76. The molecule has 0 aromatic carbocycles. The number of aliphatic carboxylic acids is 1. The molecule has 0 fully saturated rings. The summed E-state index contributed by atoms with van der Waals surface area (Å²) in [5.74, 6) is -1.60. The van der Waals surface area contributed by atoms with Gasteiger partial charge >= 0.3 is 11.7 Å². The third kappa shape index (κ3) is 3.14. The van der Waals surface area contributed by atoms with E-state index in [-0.39, 0.29) is 25.1 Å². The third-order valence-electron chi connectivity index (χ3n) is 2.94. The Bertz CT molecular complexity index is 643. The highest BCUT2D eigenvalue weighted by Crippen LogP contribution is 2.00. The highest BCUT2D eigenvalue weighted by molar-refractivity contribution is 5.93. The fraction of sp³-hybridized carbons (Fsp3) is 0.500. The highest BCUT2D eigenvalue weighted by atomic mass is 16.4. The van der Waals surface area contributed by atoms with Crippen LogP contribution in [0.4, 0.5) is 0 Å². The molecule has 1 rings (SSSR count). The zero-order chi connectivity index (χ0) is 15.4. The van der Waals surface area contributed by atoms with Crippen molar-refractivity contribution in [2.45, 2.75) is 13.3 Å². The monoisotopic (exact) mass is 283 g/mol. The Balaban J connectivity index is 3.17. The van der Waals surface area contributed by atoms with E-state index >= 15 is 0 Å². The molecule has 8 heteroatoms. The van der Waals surface area contributed by atoms with Crippen molar-refractivity contribution in [1.29, 1.82) is 0 Å². The molecule has 1 aromatic rings. The molecule has 0 aliphatic heterocycles. The van der Waals surface area contributed by atoms with Gasteiger partial charge in [-0.3, -0.25) is 19.0 Å². The van der Waals surface area contributed by atoms with Crippen molar-refractivity contribution >= 4 is 11.9 Å². The molecule has 110 valence electrons. The zero-order valence-electron chi connectivity index (χ0n) is 11.6. The lowest BCUT2D eigenvalue weighted by atomic mass is 10.2. The Kier molecular flexibility index (Phi) is 4.84. The Morgan fingerprint density at radius 2 is 1.90 bits per heavy atom.